The van der Waals surface area contributed by atoms with Gasteiger partial charge in [-0.1, -0.05) is 18.2 Å². The van der Waals surface area contributed by atoms with Crippen molar-refractivity contribution in [3.05, 3.63) is 59.9 Å². The van der Waals surface area contributed by atoms with Gasteiger partial charge in [0.15, 0.2) is 0 Å². The highest BCUT2D eigenvalue weighted by Crippen LogP contribution is 2.11. The summed E-state index contributed by atoms with van der Waals surface area (Å²) in [6.45, 7) is 0. The zero-order valence-electron chi connectivity index (χ0n) is 10.9. The average molecular weight is 289 g/mol. The van der Waals surface area contributed by atoms with Crippen LogP contribution in [0.4, 0.5) is 0 Å². The minimum Gasteiger partial charge on any atom is -0.481 e. The zero-order valence-corrected chi connectivity index (χ0v) is 11.7. The quantitative estimate of drug-likeness (QED) is 0.884. The molecule has 1 aromatic heterocycles. The SMILES string of the molecule is O=C(O)Cc1ccc(S(=O)CCc2ccccn2)cc1. The van der Waals surface area contributed by atoms with Gasteiger partial charge in [0.1, 0.15) is 0 Å². The van der Waals surface area contributed by atoms with E-state index in [1.165, 1.54) is 0 Å². The van der Waals surface area contributed by atoms with Gasteiger partial charge in [0.05, 0.1) is 17.2 Å². The standard InChI is InChI=1S/C15H15NO3S/c17-15(18)11-12-4-6-14(7-5-12)20(19)10-8-13-3-1-2-9-16-13/h1-7,9H,8,10-11H2,(H,17,18). The molecule has 0 spiro atoms. The first kappa shape index (κ1) is 14.4. The van der Waals surface area contributed by atoms with Gasteiger partial charge in [-0.2, -0.15) is 0 Å². The van der Waals surface area contributed by atoms with Crippen molar-refractivity contribution in [3.63, 3.8) is 0 Å². The molecular weight excluding hydrogens is 274 g/mol. The molecule has 0 fully saturated rings. The maximum Gasteiger partial charge on any atom is 0.307 e. The molecule has 1 atom stereocenters. The summed E-state index contributed by atoms with van der Waals surface area (Å²) in [6, 6.07) is 12.5. The van der Waals surface area contributed by atoms with Gasteiger partial charge in [-0.15, -0.1) is 0 Å². The Labute approximate surface area is 119 Å². The third-order valence-electron chi connectivity index (χ3n) is 2.81. The van der Waals surface area contributed by atoms with E-state index in [1.54, 1.807) is 30.5 Å². The largest absolute Gasteiger partial charge is 0.481 e. The van der Waals surface area contributed by atoms with Crippen LogP contribution in [0.2, 0.25) is 0 Å². The van der Waals surface area contributed by atoms with E-state index in [0.717, 1.165) is 10.6 Å². The maximum absolute atomic E-state index is 12.1. The number of aromatic nitrogens is 1. The lowest BCUT2D eigenvalue weighted by atomic mass is 10.2. The van der Waals surface area contributed by atoms with Gasteiger partial charge in [0.2, 0.25) is 0 Å². The molecule has 1 heterocycles. The van der Waals surface area contributed by atoms with E-state index < -0.39 is 16.8 Å². The fourth-order valence-electron chi connectivity index (χ4n) is 1.79. The lowest BCUT2D eigenvalue weighted by molar-refractivity contribution is -0.136. The normalized spacial score (nSPS) is 12.0. The molecule has 0 aliphatic rings. The van der Waals surface area contributed by atoms with E-state index >= 15 is 0 Å². The Bertz CT molecular complexity index is 596. The number of nitrogens with zero attached hydrogens (tertiary/aromatic N) is 1. The van der Waals surface area contributed by atoms with Crippen LogP contribution in [0, 0.1) is 0 Å². The molecule has 0 amide bonds. The summed E-state index contributed by atoms with van der Waals surface area (Å²) in [6.07, 6.45) is 2.37. The molecule has 5 heteroatoms. The number of aryl methyl sites for hydroxylation is 1. The zero-order chi connectivity index (χ0) is 14.4. The van der Waals surface area contributed by atoms with Gasteiger partial charge >= 0.3 is 5.97 Å². The summed E-state index contributed by atoms with van der Waals surface area (Å²) in [5.74, 6) is -0.357. The summed E-state index contributed by atoms with van der Waals surface area (Å²) < 4.78 is 12.1. The third-order valence-corrected chi connectivity index (χ3v) is 4.18. The van der Waals surface area contributed by atoms with Crippen molar-refractivity contribution in [2.75, 3.05) is 5.75 Å². The summed E-state index contributed by atoms with van der Waals surface area (Å²) in [4.78, 5) is 15.5. The molecule has 0 saturated carbocycles. The molecular formula is C15H15NO3S. The number of carbonyl (C=O) groups is 1. The third kappa shape index (κ3) is 4.28. The lowest BCUT2D eigenvalue weighted by Crippen LogP contribution is -2.04. The Hall–Kier alpha value is -2.01. The number of hydrogen-bond donors (Lipinski definition) is 1. The van der Waals surface area contributed by atoms with Crippen LogP contribution in [0.25, 0.3) is 0 Å². The van der Waals surface area contributed by atoms with E-state index in [9.17, 15) is 9.00 Å². The maximum atomic E-state index is 12.1. The molecule has 4 nitrogen and oxygen atoms in total. The molecule has 1 aromatic carbocycles. The minimum absolute atomic E-state index is 0.0130. The molecule has 2 aromatic rings. The first-order chi connectivity index (χ1) is 9.65. The molecule has 1 N–H and O–H groups in total. The average Bonchev–Trinajstić information content (AvgIpc) is 2.46. The smallest absolute Gasteiger partial charge is 0.307 e. The second-order valence-electron chi connectivity index (χ2n) is 4.34. The number of carboxylic acids is 1. The van der Waals surface area contributed by atoms with Gasteiger partial charge < -0.3 is 5.11 Å². The second-order valence-corrected chi connectivity index (χ2v) is 5.91. The number of rotatable bonds is 6. The van der Waals surface area contributed by atoms with Crippen molar-refractivity contribution in [2.24, 2.45) is 0 Å². The highest BCUT2D eigenvalue weighted by Gasteiger charge is 2.06. The summed E-state index contributed by atoms with van der Waals surface area (Å²) >= 11 is 0. The van der Waals surface area contributed by atoms with Gasteiger partial charge in [0, 0.05) is 29.0 Å². The van der Waals surface area contributed by atoms with Crippen molar-refractivity contribution in [2.45, 2.75) is 17.7 Å². The topological polar surface area (TPSA) is 67.3 Å². The molecule has 104 valence electrons. The Balaban J connectivity index is 1.94. The molecule has 0 saturated heterocycles. The van der Waals surface area contributed by atoms with Crippen molar-refractivity contribution in [3.8, 4) is 0 Å². The van der Waals surface area contributed by atoms with Crippen LogP contribution in [-0.2, 0) is 28.4 Å². The van der Waals surface area contributed by atoms with Gasteiger partial charge in [0.25, 0.3) is 0 Å². The first-order valence-electron chi connectivity index (χ1n) is 6.24. The number of hydrogen-bond acceptors (Lipinski definition) is 3. The van der Waals surface area contributed by atoms with Crippen molar-refractivity contribution >= 4 is 16.8 Å². The highest BCUT2D eigenvalue weighted by atomic mass is 32.2. The van der Waals surface area contributed by atoms with Crippen molar-refractivity contribution in [1.82, 2.24) is 4.98 Å². The van der Waals surface area contributed by atoms with Crippen LogP contribution in [-0.4, -0.2) is 26.0 Å². The fourth-order valence-corrected chi connectivity index (χ4v) is 2.86. The summed E-state index contributed by atoms with van der Waals surface area (Å²) in [5.41, 5.74) is 1.63. The predicted molar refractivity (Wildman–Crippen MR) is 77.0 cm³/mol. The Kier molecular flexibility index (Phi) is 5.01. The molecule has 0 aliphatic heterocycles. The molecule has 0 radical (unpaired) electrons. The molecule has 1 unspecified atom stereocenters. The first-order valence-corrected chi connectivity index (χ1v) is 7.56. The Morgan fingerprint density at radius 2 is 1.90 bits per heavy atom. The minimum atomic E-state index is -1.09. The molecule has 0 aliphatic carbocycles. The summed E-state index contributed by atoms with van der Waals surface area (Å²) in [5, 5.41) is 8.69. The molecule has 0 bridgehead atoms. The molecule has 2 rings (SSSR count). The van der Waals surface area contributed by atoms with Crippen LogP contribution < -0.4 is 0 Å². The van der Waals surface area contributed by atoms with Crippen LogP contribution in [0.3, 0.4) is 0 Å². The van der Waals surface area contributed by atoms with E-state index in [-0.39, 0.29) is 6.42 Å². The number of benzene rings is 1. The number of carboxylic acid groups (broad SMARTS) is 1. The second kappa shape index (κ2) is 6.96. The highest BCUT2D eigenvalue weighted by molar-refractivity contribution is 7.85. The monoisotopic (exact) mass is 289 g/mol. The van der Waals surface area contributed by atoms with E-state index in [0.29, 0.717) is 17.7 Å². The van der Waals surface area contributed by atoms with E-state index in [1.807, 2.05) is 18.2 Å². The van der Waals surface area contributed by atoms with Gasteiger partial charge in [-0.25, -0.2) is 0 Å². The van der Waals surface area contributed by atoms with E-state index in [4.69, 9.17) is 5.11 Å². The van der Waals surface area contributed by atoms with Crippen LogP contribution in [0.15, 0.2) is 53.6 Å². The van der Waals surface area contributed by atoms with Crippen LogP contribution >= 0.6 is 0 Å². The Morgan fingerprint density at radius 1 is 1.15 bits per heavy atom. The lowest BCUT2D eigenvalue weighted by Gasteiger charge is -2.03. The Morgan fingerprint density at radius 3 is 2.50 bits per heavy atom. The molecule has 20 heavy (non-hydrogen) atoms. The van der Waals surface area contributed by atoms with Crippen LogP contribution in [0.1, 0.15) is 11.3 Å². The van der Waals surface area contributed by atoms with E-state index in [2.05, 4.69) is 4.98 Å². The fraction of sp³-hybridized carbons (Fsp3) is 0.200. The van der Waals surface area contributed by atoms with Crippen molar-refractivity contribution < 1.29 is 14.1 Å². The number of pyridine rings is 1. The van der Waals surface area contributed by atoms with Crippen molar-refractivity contribution in [1.29, 1.82) is 0 Å². The van der Waals surface area contributed by atoms with Gasteiger partial charge in [-0.3, -0.25) is 14.0 Å². The predicted octanol–water partition coefficient (Wildman–Crippen LogP) is 2.06. The van der Waals surface area contributed by atoms with Crippen LogP contribution in [0.5, 0.6) is 0 Å². The summed E-state index contributed by atoms with van der Waals surface area (Å²) in [7, 11) is -1.09. The van der Waals surface area contributed by atoms with Gasteiger partial charge in [-0.05, 0) is 29.8 Å². The number of aliphatic carboxylic acids is 1.